The first kappa shape index (κ1) is 14.8. The summed E-state index contributed by atoms with van der Waals surface area (Å²) >= 11 is 0. The topological polar surface area (TPSA) is 46.2 Å². The molecule has 0 radical (unpaired) electrons. The minimum absolute atomic E-state index is 0.00244. The van der Waals surface area contributed by atoms with E-state index in [1.54, 1.807) is 0 Å². The van der Waals surface area contributed by atoms with Gasteiger partial charge in [0.25, 0.3) is 0 Å². The molecule has 0 heterocycles. The van der Waals surface area contributed by atoms with Gasteiger partial charge in [-0.05, 0) is 25.7 Å². The molecule has 1 aliphatic rings. The Labute approximate surface area is 120 Å². The zero-order valence-electron chi connectivity index (χ0n) is 12.2. The van der Waals surface area contributed by atoms with E-state index in [9.17, 15) is 9.59 Å². The Kier molecular flexibility index (Phi) is 5.33. The summed E-state index contributed by atoms with van der Waals surface area (Å²) in [5.41, 5.74) is 1.83. The van der Waals surface area contributed by atoms with Crippen molar-refractivity contribution in [1.29, 1.82) is 0 Å². The molecule has 1 N–H and O–H groups in total. The highest BCUT2D eigenvalue weighted by atomic mass is 16.2. The van der Waals surface area contributed by atoms with E-state index < -0.39 is 0 Å². The molecule has 0 bridgehead atoms. The largest absolute Gasteiger partial charge is 0.356 e. The fourth-order valence-corrected chi connectivity index (χ4v) is 2.67. The predicted octanol–water partition coefficient (Wildman–Crippen LogP) is 3.26. The average Bonchev–Trinajstić information content (AvgIpc) is 2.96. The number of carbonyl (C=O) groups is 2. The fraction of sp³-hybridized carbons (Fsp3) is 0.529. The lowest BCUT2D eigenvalue weighted by Gasteiger charge is -2.10. The van der Waals surface area contributed by atoms with Crippen LogP contribution in [0.3, 0.4) is 0 Å². The summed E-state index contributed by atoms with van der Waals surface area (Å²) in [6.45, 7) is 2.77. The van der Waals surface area contributed by atoms with E-state index in [4.69, 9.17) is 0 Å². The number of Topliss-reactive ketones (excluding diaryl/α,β-unsaturated/α-hetero) is 1. The summed E-state index contributed by atoms with van der Waals surface area (Å²) in [5, 5.41) is 2.95. The van der Waals surface area contributed by atoms with Crippen LogP contribution in [0.25, 0.3) is 0 Å². The maximum atomic E-state index is 11.9. The summed E-state index contributed by atoms with van der Waals surface area (Å²) in [6, 6.07) is 7.50. The standard InChI is InChI=1S/C17H23NO2/c1-13-6-8-15(9-7-13)16(19)10-11-17(20)18-12-14-4-2-3-5-14/h6-9,14H,2-5,10-12H2,1H3,(H,18,20). The molecule has 2 rings (SSSR count). The summed E-state index contributed by atoms with van der Waals surface area (Å²) in [4.78, 5) is 23.7. The minimum atomic E-state index is -0.00244. The van der Waals surface area contributed by atoms with Crippen molar-refractivity contribution in [3.8, 4) is 0 Å². The second-order valence-electron chi connectivity index (χ2n) is 5.74. The van der Waals surface area contributed by atoms with E-state index in [1.165, 1.54) is 25.7 Å². The third kappa shape index (κ3) is 4.48. The molecule has 0 spiro atoms. The zero-order valence-corrected chi connectivity index (χ0v) is 12.2. The molecule has 1 amide bonds. The van der Waals surface area contributed by atoms with Crippen LogP contribution >= 0.6 is 0 Å². The number of rotatable bonds is 6. The monoisotopic (exact) mass is 273 g/mol. The first-order valence-corrected chi connectivity index (χ1v) is 7.52. The summed E-state index contributed by atoms with van der Waals surface area (Å²) < 4.78 is 0. The van der Waals surface area contributed by atoms with Gasteiger partial charge in [0.05, 0.1) is 0 Å². The molecule has 0 atom stereocenters. The average molecular weight is 273 g/mol. The Hall–Kier alpha value is -1.64. The third-order valence-electron chi connectivity index (χ3n) is 4.02. The van der Waals surface area contributed by atoms with Gasteiger partial charge in [0, 0.05) is 24.9 Å². The molecule has 20 heavy (non-hydrogen) atoms. The number of hydrogen-bond donors (Lipinski definition) is 1. The third-order valence-corrected chi connectivity index (χ3v) is 4.02. The van der Waals surface area contributed by atoms with Crippen molar-refractivity contribution in [1.82, 2.24) is 5.32 Å². The van der Waals surface area contributed by atoms with E-state index in [0.717, 1.165) is 12.1 Å². The Balaban J connectivity index is 1.69. The number of amides is 1. The van der Waals surface area contributed by atoms with Gasteiger partial charge in [-0.3, -0.25) is 9.59 Å². The maximum absolute atomic E-state index is 11.9. The van der Waals surface area contributed by atoms with E-state index in [-0.39, 0.29) is 11.7 Å². The smallest absolute Gasteiger partial charge is 0.220 e. The lowest BCUT2D eigenvalue weighted by molar-refractivity contribution is -0.121. The molecule has 108 valence electrons. The van der Waals surface area contributed by atoms with Crippen LogP contribution in [0.4, 0.5) is 0 Å². The van der Waals surface area contributed by atoms with Crippen LogP contribution < -0.4 is 5.32 Å². The molecule has 1 aromatic rings. The van der Waals surface area contributed by atoms with E-state index in [1.807, 2.05) is 31.2 Å². The first-order chi connectivity index (χ1) is 9.65. The minimum Gasteiger partial charge on any atom is -0.356 e. The van der Waals surface area contributed by atoms with Crippen molar-refractivity contribution in [2.24, 2.45) is 5.92 Å². The second kappa shape index (κ2) is 7.22. The van der Waals surface area contributed by atoms with Crippen molar-refractivity contribution in [3.05, 3.63) is 35.4 Å². The van der Waals surface area contributed by atoms with E-state index in [0.29, 0.717) is 24.3 Å². The van der Waals surface area contributed by atoms with Gasteiger partial charge in [-0.25, -0.2) is 0 Å². The van der Waals surface area contributed by atoms with Crippen molar-refractivity contribution in [3.63, 3.8) is 0 Å². The molecular formula is C17H23NO2. The summed E-state index contributed by atoms with van der Waals surface area (Å²) in [7, 11) is 0. The van der Waals surface area contributed by atoms with Crippen molar-refractivity contribution in [2.75, 3.05) is 6.54 Å². The Morgan fingerprint density at radius 2 is 1.75 bits per heavy atom. The number of aryl methyl sites for hydroxylation is 1. The number of hydrogen-bond acceptors (Lipinski definition) is 2. The summed E-state index contributed by atoms with van der Waals surface area (Å²) in [6.07, 6.45) is 5.60. The van der Waals surface area contributed by atoms with Crippen LogP contribution in [0.2, 0.25) is 0 Å². The summed E-state index contributed by atoms with van der Waals surface area (Å²) in [5.74, 6) is 0.685. The van der Waals surface area contributed by atoms with Gasteiger partial charge in [0.2, 0.25) is 5.91 Å². The molecule has 1 aliphatic carbocycles. The van der Waals surface area contributed by atoms with Crippen molar-refractivity contribution in [2.45, 2.75) is 45.4 Å². The van der Waals surface area contributed by atoms with Crippen LogP contribution in [0.1, 0.15) is 54.4 Å². The fourth-order valence-electron chi connectivity index (χ4n) is 2.67. The lowest BCUT2D eigenvalue weighted by Crippen LogP contribution is -2.28. The highest BCUT2D eigenvalue weighted by molar-refractivity contribution is 5.97. The predicted molar refractivity (Wildman–Crippen MR) is 79.7 cm³/mol. The van der Waals surface area contributed by atoms with Gasteiger partial charge in [0.1, 0.15) is 0 Å². The Morgan fingerprint density at radius 3 is 2.40 bits per heavy atom. The molecule has 0 unspecified atom stereocenters. The Morgan fingerprint density at radius 1 is 1.10 bits per heavy atom. The normalized spacial score (nSPS) is 15.2. The van der Waals surface area contributed by atoms with Gasteiger partial charge in [-0.1, -0.05) is 42.7 Å². The SMILES string of the molecule is Cc1ccc(C(=O)CCC(=O)NCC2CCCC2)cc1. The van der Waals surface area contributed by atoms with Crippen LogP contribution in [0.5, 0.6) is 0 Å². The molecular weight excluding hydrogens is 250 g/mol. The lowest BCUT2D eigenvalue weighted by atomic mass is 10.0. The van der Waals surface area contributed by atoms with Crippen LogP contribution in [0, 0.1) is 12.8 Å². The molecule has 1 saturated carbocycles. The van der Waals surface area contributed by atoms with Crippen LogP contribution in [-0.2, 0) is 4.79 Å². The molecule has 3 nitrogen and oxygen atoms in total. The van der Waals surface area contributed by atoms with Crippen molar-refractivity contribution < 1.29 is 9.59 Å². The molecule has 0 aromatic heterocycles. The first-order valence-electron chi connectivity index (χ1n) is 7.52. The molecule has 0 aliphatic heterocycles. The van der Waals surface area contributed by atoms with Gasteiger partial charge < -0.3 is 5.32 Å². The van der Waals surface area contributed by atoms with Crippen molar-refractivity contribution >= 4 is 11.7 Å². The van der Waals surface area contributed by atoms with Gasteiger partial charge in [0.15, 0.2) is 5.78 Å². The molecule has 3 heteroatoms. The second-order valence-corrected chi connectivity index (χ2v) is 5.74. The number of benzene rings is 1. The quantitative estimate of drug-likeness (QED) is 0.809. The molecule has 0 saturated heterocycles. The number of carbonyl (C=O) groups excluding carboxylic acids is 2. The highest BCUT2D eigenvalue weighted by Crippen LogP contribution is 2.23. The number of ketones is 1. The van der Waals surface area contributed by atoms with E-state index in [2.05, 4.69) is 5.32 Å². The molecule has 1 aromatic carbocycles. The van der Waals surface area contributed by atoms with Gasteiger partial charge in [-0.15, -0.1) is 0 Å². The maximum Gasteiger partial charge on any atom is 0.220 e. The van der Waals surface area contributed by atoms with Crippen LogP contribution in [-0.4, -0.2) is 18.2 Å². The van der Waals surface area contributed by atoms with Gasteiger partial charge in [-0.2, -0.15) is 0 Å². The van der Waals surface area contributed by atoms with Gasteiger partial charge >= 0.3 is 0 Å². The Bertz CT molecular complexity index is 458. The highest BCUT2D eigenvalue weighted by Gasteiger charge is 2.16. The molecule has 1 fully saturated rings. The van der Waals surface area contributed by atoms with Crippen LogP contribution in [0.15, 0.2) is 24.3 Å². The number of nitrogens with one attached hydrogen (secondary N) is 1. The zero-order chi connectivity index (χ0) is 14.4. The van der Waals surface area contributed by atoms with E-state index >= 15 is 0 Å².